The van der Waals surface area contributed by atoms with Crippen LogP contribution in [0.1, 0.15) is 23.5 Å². The maximum absolute atomic E-state index is 10.6. The largest absolute Gasteiger partial charge is 0.481 e. The Morgan fingerprint density at radius 3 is 3.06 bits per heavy atom. The maximum Gasteiger partial charge on any atom is 0.313 e. The second kappa shape index (κ2) is 5.58. The summed E-state index contributed by atoms with van der Waals surface area (Å²) in [5, 5.41) is 11.5. The van der Waals surface area contributed by atoms with Gasteiger partial charge in [0.05, 0.1) is 11.8 Å². The van der Waals surface area contributed by atoms with Crippen molar-refractivity contribution in [3.8, 4) is 0 Å². The van der Waals surface area contributed by atoms with Gasteiger partial charge in [-0.05, 0) is 25.3 Å². The highest BCUT2D eigenvalue weighted by Gasteiger charge is 2.16. The standard InChI is InChI=1S/C12H14N2O2S2/c1-8-6-13-12(18-7-11(15)16)14(8)9(2)10-4-3-5-17-10/h3-6,9H,7H2,1-2H3,(H,15,16). The third-order valence-electron chi connectivity index (χ3n) is 2.61. The number of aryl methyl sites for hydroxylation is 1. The summed E-state index contributed by atoms with van der Waals surface area (Å²) < 4.78 is 2.08. The van der Waals surface area contributed by atoms with E-state index in [4.69, 9.17) is 5.11 Å². The van der Waals surface area contributed by atoms with Gasteiger partial charge in [-0.25, -0.2) is 4.98 Å². The van der Waals surface area contributed by atoms with Crippen LogP contribution in [0.3, 0.4) is 0 Å². The number of carbonyl (C=O) groups is 1. The normalized spacial score (nSPS) is 12.6. The van der Waals surface area contributed by atoms with Crippen LogP contribution >= 0.6 is 23.1 Å². The van der Waals surface area contributed by atoms with E-state index in [1.807, 2.05) is 18.4 Å². The number of rotatable bonds is 5. The smallest absolute Gasteiger partial charge is 0.313 e. The number of hydrogen-bond acceptors (Lipinski definition) is 4. The van der Waals surface area contributed by atoms with E-state index >= 15 is 0 Å². The lowest BCUT2D eigenvalue weighted by Crippen LogP contribution is -2.09. The number of thiophene rings is 1. The van der Waals surface area contributed by atoms with Crippen LogP contribution in [0.2, 0.25) is 0 Å². The Hall–Kier alpha value is -1.27. The fourth-order valence-corrected chi connectivity index (χ4v) is 3.38. The van der Waals surface area contributed by atoms with Gasteiger partial charge < -0.3 is 9.67 Å². The molecule has 0 aliphatic carbocycles. The average Bonchev–Trinajstić information content (AvgIpc) is 2.94. The molecule has 0 spiro atoms. The van der Waals surface area contributed by atoms with Crippen molar-refractivity contribution in [1.29, 1.82) is 0 Å². The number of aliphatic carboxylic acids is 1. The zero-order valence-electron chi connectivity index (χ0n) is 10.2. The number of hydrogen-bond donors (Lipinski definition) is 1. The van der Waals surface area contributed by atoms with Gasteiger partial charge in [0.25, 0.3) is 0 Å². The summed E-state index contributed by atoms with van der Waals surface area (Å²) in [5.74, 6) is -0.788. The molecule has 6 heteroatoms. The molecule has 96 valence electrons. The molecule has 1 unspecified atom stereocenters. The average molecular weight is 282 g/mol. The minimum absolute atomic E-state index is 0.0353. The molecule has 2 rings (SSSR count). The topological polar surface area (TPSA) is 55.1 Å². The highest BCUT2D eigenvalue weighted by Crippen LogP contribution is 2.29. The van der Waals surface area contributed by atoms with E-state index in [2.05, 4.69) is 22.5 Å². The zero-order chi connectivity index (χ0) is 13.1. The fourth-order valence-electron chi connectivity index (χ4n) is 1.78. The molecule has 0 bridgehead atoms. The predicted molar refractivity (Wildman–Crippen MR) is 73.5 cm³/mol. The summed E-state index contributed by atoms with van der Waals surface area (Å²) >= 11 is 2.96. The predicted octanol–water partition coefficient (Wildman–Crippen LogP) is 3.04. The third-order valence-corrected chi connectivity index (χ3v) is 4.61. The Balaban J connectivity index is 2.26. The van der Waals surface area contributed by atoms with Gasteiger partial charge in [-0.3, -0.25) is 4.79 Å². The summed E-state index contributed by atoms with van der Waals surface area (Å²) in [5.41, 5.74) is 1.05. The minimum Gasteiger partial charge on any atom is -0.481 e. The van der Waals surface area contributed by atoms with Gasteiger partial charge in [-0.15, -0.1) is 11.3 Å². The van der Waals surface area contributed by atoms with E-state index in [1.54, 1.807) is 17.5 Å². The van der Waals surface area contributed by atoms with Crippen molar-refractivity contribution >= 4 is 29.1 Å². The van der Waals surface area contributed by atoms with Gasteiger partial charge in [-0.2, -0.15) is 0 Å². The van der Waals surface area contributed by atoms with Gasteiger partial charge in [0.2, 0.25) is 0 Å². The van der Waals surface area contributed by atoms with Gasteiger partial charge >= 0.3 is 5.97 Å². The summed E-state index contributed by atoms with van der Waals surface area (Å²) in [6.45, 7) is 4.09. The second-order valence-electron chi connectivity index (χ2n) is 3.93. The van der Waals surface area contributed by atoms with E-state index in [9.17, 15) is 4.79 Å². The second-order valence-corrected chi connectivity index (χ2v) is 5.85. The lowest BCUT2D eigenvalue weighted by molar-refractivity contribution is -0.133. The van der Waals surface area contributed by atoms with Gasteiger partial charge in [0, 0.05) is 16.8 Å². The van der Waals surface area contributed by atoms with E-state index in [0.717, 1.165) is 10.9 Å². The van der Waals surface area contributed by atoms with E-state index < -0.39 is 5.97 Å². The molecule has 0 saturated carbocycles. The number of carboxylic acid groups (broad SMARTS) is 1. The molecule has 2 heterocycles. The summed E-state index contributed by atoms with van der Waals surface area (Å²) in [6, 6.07) is 4.29. The van der Waals surface area contributed by atoms with Crippen LogP contribution < -0.4 is 0 Å². The molecule has 4 nitrogen and oxygen atoms in total. The van der Waals surface area contributed by atoms with E-state index in [-0.39, 0.29) is 11.8 Å². The van der Waals surface area contributed by atoms with Crippen LogP contribution in [0.15, 0.2) is 28.9 Å². The molecule has 2 aromatic rings. The molecule has 1 N–H and O–H groups in total. The van der Waals surface area contributed by atoms with Crippen LogP contribution in [0.25, 0.3) is 0 Å². The summed E-state index contributed by atoms with van der Waals surface area (Å²) in [4.78, 5) is 16.2. The molecule has 0 amide bonds. The SMILES string of the molecule is Cc1cnc(SCC(=O)O)n1C(C)c1cccs1. The van der Waals surface area contributed by atoms with Crippen LogP contribution in [-0.2, 0) is 4.79 Å². The van der Waals surface area contributed by atoms with Crippen molar-refractivity contribution in [1.82, 2.24) is 9.55 Å². The number of imidazole rings is 1. The monoisotopic (exact) mass is 282 g/mol. The highest BCUT2D eigenvalue weighted by atomic mass is 32.2. The van der Waals surface area contributed by atoms with Gasteiger partial charge in [-0.1, -0.05) is 17.8 Å². The Bertz CT molecular complexity index is 534. The zero-order valence-corrected chi connectivity index (χ0v) is 11.8. The van der Waals surface area contributed by atoms with Gasteiger partial charge in [0.15, 0.2) is 5.16 Å². The lowest BCUT2D eigenvalue weighted by Gasteiger charge is -2.16. The number of thioether (sulfide) groups is 1. The molecule has 0 aliphatic rings. The van der Waals surface area contributed by atoms with E-state index in [0.29, 0.717) is 0 Å². The molecule has 18 heavy (non-hydrogen) atoms. The first-order chi connectivity index (χ1) is 8.59. The molecule has 0 radical (unpaired) electrons. The Morgan fingerprint density at radius 2 is 2.44 bits per heavy atom. The lowest BCUT2D eigenvalue weighted by atomic mass is 10.2. The Kier molecular flexibility index (Phi) is 4.08. The number of aromatic nitrogens is 2. The van der Waals surface area contributed by atoms with Crippen LogP contribution in [-0.4, -0.2) is 26.4 Å². The van der Waals surface area contributed by atoms with Crippen molar-refractivity contribution in [3.63, 3.8) is 0 Å². The third kappa shape index (κ3) is 2.76. The van der Waals surface area contributed by atoms with Crippen molar-refractivity contribution in [2.45, 2.75) is 25.0 Å². The first-order valence-corrected chi connectivity index (χ1v) is 7.38. The molecule has 1 atom stereocenters. The first-order valence-electron chi connectivity index (χ1n) is 5.51. The molecule has 0 saturated heterocycles. The molecule has 0 aromatic carbocycles. The quantitative estimate of drug-likeness (QED) is 0.856. The molecule has 0 fully saturated rings. The number of carboxylic acids is 1. The maximum atomic E-state index is 10.6. The van der Waals surface area contributed by atoms with Crippen LogP contribution in [0.4, 0.5) is 0 Å². The van der Waals surface area contributed by atoms with Gasteiger partial charge in [0.1, 0.15) is 0 Å². The Morgan fingerprint density at radius 1 is 1.67 bits per heavy atom. The molecule has 2 aromatic heterocycles. The van der Waals surface area contributed by atoms with Crippen LogP contribution in [0.5, 0.6) is 0 Å². The Labute approximate surface area is 114 Å². The number of nitrogens with zero attached hydrogens (tertiary/aromatic N) is 2. The highest BCUT2D eigenvalue weighted by molar-refractivity contribution is 7.99. The summed E-state index contributed by atoms with van der Waals surface area (Å²) in [7, 11) is 0. The van der Waals surface area contributed by atoms with Crippen molar-refractivity contribution < 1.29 is 9.90 Å². The molecular weight excluding hydrogens is 268 g/mol. The molecular formula is C12H14N2O2S2. The van der Waals surface area contributed by atoms with E-state index in [1.165, 1.54) is 16.6 Å². The fraction of sp³-hybridized carbons (Fsp3) is 0.333. The van der Waals surface area contributed by atoms with Crippen molar-refractivity contribution in [2.24, 2.45) is 0 Å². The minimum atomic E-state index is -0.823. The molecule has 0 aliphatic heterocycles. The van der Waals surface area contributed by atoms with Crippen molar-refractivity contribution in [2.75, 3.05) is 5.75 Å². The first kappa shape index (κ1) is 13.2. The van der Waals surface area contributed by atoms with Crippen LogP contribution in [0, 0.1) is 6.92 Å². The van der Waals surface area contributed by atoms with Crippen molar-refractivity contribution in [3.05, 3.63) is 34.3 Å². The summed E-state index contributed by atoms with van der Waals surface area (Å²) in [6.07, 6.45) is 1.79.